The van der Waals surface area contributed by atoms with E-state index < -0.39 is 0 Å². The predicted octanol–water partition coefficient (Wildman–Crippen LogP) is 4.10. The number of hydrogen-bond acceptors (Lipinski definition) is 2. The first-order chi connectivity index (χ1) is 9.15. The number of benzene rings is 1. The highest BCUT2D eigenvalue weighted by atomic mass is 79.9. The monoisotopic (exact) mass is 321 g/mol. The standard InChI is InChI=1S/C16H20BrNO/c1-11(12-5-7-13(17)8-6-12)18-14-3-2-4-15(18)10-16(19)9-14/h5-8,11,14-15H,2-4,9-10H2,1H3. The van der Waals surface area contributed by atoms with Crippen LogP contribution in [0.4, 0.5) is 0 Å². The topological polar surface area (TPSA) is 20.3 Å². The fourth-order valence-electron chi connectivity index (χ4n) is 3.76. The van der Waals surface area contributed by atoms with E-state index in [4.69, 9.17) is 0 Å². The molecule has 2 bridgehead atoms. The number of hydrogen-bond donors (Lipinski definition) is 0. The molecule has 0 N–H and O–H groups in total. The van der Waals surface area contributed by atoms with Crippen LogP contribution in [-0.2, 0) is 4.79 Å². The van der Waals surface area contributed by atoms with Crippen molar-refractivity contribution in [1.82, 2.24) is 4.90 Å². The van der Waals surface area contributed by atoms with Gasteiger partial charge in [0.05, 0.1) is 0 Å². The van der Waals surface area contributed by atoms with Gasteiger partial charge in [0.2, 0.25) is 0 Å². The molecule has 1 aromatic carbocycles. The summed E-state index contributed by atoms with van der Waals surface area (Å²) in [4.78, 5) is 14.4. The Kier molecular flexibility index (Phi) is 3.77. The van der Waals surface area contributed by atoms with Crippen LogP contribution in [0.5, 0.6) is 0 Å². The fraction of sp³-hybridized carbons (Fsp3) is 0.562. The molecule has 2 aliphatic heterocycles. The first kappa shape index (κ1) is 13.3. The summed E-state index contributed by atoms with van der Waals surface area (Å²) in [5, 5.41) is 0. The Labute approximate surface area is 123 Å². The van der Waals surface area contributed by atoms with Gasteiger partial charge in [0.25, 0.3) is 0 Å². The average molecular weight is 322 g/mol. The zero-order chi connectivity index (χ0) is 13.4. The lowest BCUT2D eigenvalue weighted by molar-refractivity contribution is -0.128. The van der Waals surface area contributed by atoms with Crippen LogP contribution < -0.4 is 0 Å². The number of rotatable bonds is 2. The van der Waals surface area contributed by atoms with Crippen LogP contribution in [0, 0.1) is 0 Å². The largest absolute Gasteiger partial charge is 0.300 e. The number of carbonyl (C=O) groups is 1. The first-order valence-electron chi connectivity index (χ1n) is 7.20. The van der Waals surface area contributed by atoms with Crippen LogP contribution in [0.2, 0.25) is 0 Å². The molecule has 3 unspecified atom stereocenters. The Morgan fingerprint density at radius 3 is 2.32 bits per heavy atom. The summed E-state index contributed by atoms with van der Waals surface area (Å²) < 4.78 is 1.12. The van der Waals surface area contributed by atoms with E-state index in [9.17, 15) is 4.79 Å². The Hall–Kier alpha value is -0.670. The second-order valence-electron chi connectivity index (χ2n) is 5.86. The van der Waals surface area contributed by atoms with Crippen LogP contribution in [-0.4, -0.2) is 22.8 Å². The molecule has 3 atom stereocenters. The summed E-state index contributed by atoms with van der Waals surface area (Å²) in [6.07, 6.45) is 5.17. The zero-order valence-electron chi connectivity index (χ0n) is 11.3. The van der Waals surface area contributed by atoms with Crippen molar-refractivity contribution >= 4 is 21.7 Å². The van der Waals surface area contributed by atoms with Gasteiger partial charge in [0.1, 0.15) is 5.78 Å². The van der Waals surface area contributed by atoms with Crippen molar-refractivity contribution < 1.29 is 4.79 Å². The molecule has 2 saturated heterocycles. The van der Waals surface area contributed by atoms with Crippen molar-refractivity contribution in [1.29, 1.82) is 0 Å². The van der Waals surface area contributed by atoms with Crippen LogP contribution in [0.3, 0.4) is 0 Å². The van der Waals surface area contributed by atoms with Gasteiger partial charge < -0.3 is 0 Å². The van der Waals surface area contributed by atoms with Crippen LogP contribution >= 0.6 is 15.9 Å². The molecule has 3 rings (SSSR count). The van der Waals surface area contributed by atoms with E-state index in [2.05, 4.69) is 52.0 Å². The first-order valence-corrected chi connectivity index (χ1v) is 7.99. The number of halogens is 1. The molecular weight excluding hydrogens is 302 g/mol. The van der Waals surface area contributed by atoms with E-state index in [1.807, 2.05) is 0 Å². The van der Waals surface area contributed by atoms with Gasteiger partial charge in [-0.3, -0.25) is 9.69 Å². The summed E-state index contributed by atoms with van der Waals surface area (Å²) in [5.74, 6) is 0.467. The molecule has 0 aromatic heterocycles. The van der Waals surface area contributed by atoms with Crippen LogP contribution in [0.1, 0.15) is 50.6 Å². The van der Waals surface area contributed by atoms with E-state index in [1.165, 1.54) is 24.8 Å². The maximum absolute atomic E-state index is 11.8. The summed E-state index contributed by atoms with van der Waals surface area (Å²) >= 11 is 3.49. The fourth-order valence-corrected chi connectivity index (χ4v) is 4.02. The normalized spacial score (nSPS) is 29.3. The Morgan fingerprint density at radius 1 is 1.16 bits per heavy atom. The van der Waals surface area contributed by atoms with Crippen molar-refractivity contribution in [3.63, 3.8) is 0 Å². The third-order valence-electron chi connectivity index (χ3n) is 4.64. The third-order valence-corrected chi connectivity index (χ3v) is 5.17. The Balaban J connectivity index is 1.84. The SMILES string of the molecule is CC(c1ccc(Br)cc1)N1C2CCCC1CC(=O)C2. The second kappa shape index (κ2) is 5.37. The highest BCUT2D eigenvalue weighted by Crippen LogP contribution is 2.38. The number of piperidine rings is 2. The van der Waals surface area contributed by atoms with Crippen molar-refractivity contribution in [2.45, 2.75) is 57.2 Å². The van der Waals surface area contributed by atoms with E-state index in [-0.39, 0.29) is 0 Å². The molecule has 2 nitrogen and oxygen atoms in total. The Bertz CT molecular complexity index is 454. The average Bonchev–Trinajstić information content (AvgIpc) is 2.37. The summed E-state index contributed by atoms with van der Waals surface area (Å²) in [6, 6.07) is 9.96. The third kappa shape index (κ3) is 2.63. The predicted molar refractivity (Wildman–Crippen MR) is 80.1 cm³/mol. The lowest BCUT2D eigenvalue weighted by atomic mass is 9.82. The molecule has 1 aromatic rings. The number of nitrogens with zero attached hydrogens (tertiary/aromatic N) is 1. The van der Waals surface area contributed by atoms with Gasteiger partial charge >= 0.3 is 0 Å². The number of fused-ring (bicyclic) bond motifs is 2. The minimum Gasteiger partial charge on any atom is -0.300 e. The number of Topliss-reactive ketones (excluding diaryl/α,β-unsaturated/α-hetero) is 1. The zero-order valence-corrected chi connectivity index (χ0v) is 12.9. The number of ketones is 1. The molecule has 2 fully saturated rings. The van der Waals surface area contributed by atoms with E-state index in [0.29, 0.717) is 23.9 Å². The molecule has 102 valence electrons. The molecule has 0 radical (unpaired) electrons. The molecule has 2 aliphatic rings. The molecule has 19 heavy (non-hydrogen) atoms. The second-order valence-corrected chi connectivity index (χ2v) is 6.78. The Morgan fingerprint density at radius 2 is 1.74 bits per heavy atom. The quantitative estimate of drug-likeness (QED) is 0.817. The van der Waals surface area contributed by atoms with Gasteiger partial charge in [-0.15, -0.1) is 0 Å². The van der Waals surface area contributed by atoms with Crippen LogP contribution in [0.15, 0.2) is 28.7 Å². The van der Waals surface area contributed by atoms with Gasteiger partial charge in [0, 0.05) is 35.4 Å². The molecule has 0 amide bonds. The van der Waals surface area contributed by atoms with Gasteiger partial charge in [-0.1, -0.05) is 34.5 Å². The maximum atomic E-state index is 11.8. The van der Waals surface area contributed by atoms with Crippen molar-refractivity contribution in [2.75, 3.05) is 0 Å². The van der Waals surface area contributed by atoms with Crippen LogP contribution in [0.25, 0.3) is 0 Å². The van der Waals surface area contributed by atoms with E-state index in [0.717, 1.165) is 17.3 Å². The van der Waals surface area contributed by atoms with Gasteiger partial charge in [0.15, 0.2) is 0 Å². The van der Waals surface area contributed by atoms with E-state index >= 15 is 0 Å². The molecule has 0 spiro atoms. The molecule has 0 aliphatic carbocycles. The highest BCUT2D eigenvalue weighted by molar-refractivity contribution is 9.10. The number of carbonyl (C=O) groups excluding carboxylic acids is 1. The molecular formula is C16H20BrNO. The smallest absolute Gasteiger partial charge is 0.136 e. The molecule has 0 saturated carbocycles. The summed E-state index contributed by atoms with van der Waals surface area (Å²) in [5.41, 5.74) is 1.36. The van der Waals surface area contributed by atoms with Gasteiger partial charge in [-0.05, 0) is 37.5 Å². The van der Waals surface area contributed by atoms with Crippen molar-refractivity contribution in [3.8, 4) is 0 Å². The van der Waals surface area contributed by atoms with Crippen molar-refractivity contribution in [3.05, 3.63) is 34.3 Å². The lowest BCUT2D eigenvalue weighted by Gasteiger charge is -2.48. The lowest BCUT2D eigenvalue weighted by Crippen LogP contribution is -2.53. The highest BCUT2D eigenvalue weighted by Gasteiger charge is 2.39. The maximum Gasteiger partial charge on any atom is 0.136 e. The molecule has 3 heteroatoms. The minimum absolute atomic E-state index is 0.413. The minimum atomic E-state index is 0.413. The van der Waals surface area contributed by atoms with Crippen molar-refractivity contribution in [2.24, 2.45) is 0 Å². The van der Waals surface area contributed by atoms with E-state index in [1.54, 1.807) is 0 Å². The summed E-state index contributed by atoms with van der Waals surface area (Å²) in [7, 11) is 0. The summed E-state index contributed by atoms with van der Waals surface area (Å²) in [6.45, 7) is 2.28. The van der Waals surface area contributed by atoms with Gasteiger partial charge in [-0.2, -0.15) is 0 Å². The molecule has 2 heterocycles. The van der Waals surface area contributed by atoms with Gasteiger partial charge in [-0.25, -0.2) is 0 Å².